The van der Waals surface area contributed by atoms with Gasteiger partial charge >= 0.3 is 6.03 Å². The summed E-state index contributed by atoms with van der Waals surface area (Å²) in [5, 5.41) is 5.42. The van der Waals surface area contributed by atoms with Crippen LogP contribution in [-0.4, -0.2) is 20.3 Å². The van der Waals surface area contributed by atoms with Gasteiger partial charge in [0.2, 0.25) is 0 Å². The highest BCUT2D eigenvalue weighted by Gasteiger charge is 2.08. The van der Waals surface area contributed by atoms with Gasteiger partial charge in [0.1, 0.15) is 11.5 Å². The van der Waals surface area contributed by atoms with E-state index in [4.69, 9.17) is 15.2 Å². The number of amides is 2. The molecule has 0 bridgehead atoms. The molecule has 0 spiro atoms. The molecule has 6 nitrogen and oxygen atoms in total. The number of hydrogen-bond acceptors (Lipinski definition) is 4. The lowest BCUT2D eigenvalue weighted by molar-refractivity contribution is 0.262. The summed E-state index contributed by atoms with van der Waals surface area (Å²) >= 11 is 0. The van der Waals surface area contributed by atoms with Gasteiger partial charge < -0.3 is 25.8 Å². The SMILES string of the molecule is COc1cc(NC(=O)Nc2ccc(C)cc2N)cc(OC)c1. The van der Waals surface area contributed by atoms with Gasteiger partial charge in [-0.05, 0) is 24.6 Å². The molecular weight excluding hydrogens is 282 g/mol. The van der Waals surface area contributed by atoms with Crippen LogP contribution in [0.3, 0.4) is 0 Å². The van der Waals surface area contributed by atoms with E-state index in [9.17, 15) is 4.79 Å². The number of rotatable bonds is 4. The largest absolute Gasteiger partial charge is 0.497 e. The van der Waals surface area contributed by atoms with Crippen LogP contribution in [0.25, 0.3) is 0 Å². The Labute approximate surface area is 129 Å². The van der Waals surface area contributed by atoms with E-state index in [0.717, 1.165) is 5.56 Å². The molecule has 0 saturated carbocycles. The maximum absolute atomic E-state index is 12.1. The van der Waals surface area contributed by atoms with Crippen molar-refractivity contribution in [2.45, 2.75) is 6.92 Å². The second-order valence-corrected chi connectivity index (χ2v) is 4.77. The molecule has 2 aromatic carbocycles. The smallest absolute Gasteiger partial charge is 0.323 e. The van der Waals surface area contributed by atoms with Crippen LogP contribution in [0.4, 0.5) is 21.9 Å². The molecule has 0 fully saturated rings. The Morgan fingerprint density at radius 1 is 1.00 bits per heavy atom. The molecule has 6 heteroatoms. The third kappa shape index (κ3) is 3.82. The lowest BCUT2D eigenvalue weighted by Gasteiger charge is -2.12. The molecule has 0 aliphatic heterocycles. The summed E-state index contributed by atoms with van der Waals surface area (Å²) in [7, 11) is 3.09. The van der Waals surface area contributed by atoms with Gasteiger partial charge in [-0.25, -0.2) is 4.79 Å². The molecule has 0 radical (unpaired) electrons. The first-order chi connectivity index (χ1) is 10.5. The molecule has 0 aromatic heterocycles. The van der Waals surface area contributed by atoms with E-state index in [1.54, 1.807) is 44.6 Å². The fourth-order valence-corrected chi connectivity index (χ4v) is 1.96. The molecule has 0 unspecified atom stereocenters. The molecule has 0 atom stereocenters. The fraction of sp³-hybridized carbons (Fsp3) is 0.188. The van der Waals surface area contributed by atoms with Crippen LogP contribution in [0, 0.1) is 6.92 Å². The second kappa shape index (κ2) is 6.71. The number of urea groups is 1. The van der Waals surface area contributed by atoms with Crippen molar-refractivity contribution in [1.82, 2.24) is 0 Å². The average molecular weight is 301 g/mol. The van der Waals surface area contributed by atoms with Crippen molar-refractivity contribution in [1.29, 1.82) is 0 Å². The zero-order chi connectivity index (χ0) is 16.1. The first kappa shape index (κ1) is 15.5. The van der Waals surface area contributed by atoms with Crippen molar-refractivity contribution in [3.63, 3.8) is 0 Å². The Bertz CT molecular complexity index is 664. The summed E-state index contributed by atoms with van der Waals surface area (Å²) in [6, 6.07) is 10.1. The molecule has 0 aliphatic carbocycles. The number of carbonyl (C=O) groups excluding carboxylic acids is 1. The minimum Gasteiger partial charge on any atom is -0.497 e. The van der Waals surface area contributed by atoms with Gasteiger partial charge in [0.25, 0.3) is 0 Å². The normalized spacial score (nSPS) is 9.95. The lowest BCUT2D eigenvalue weighted by atomic mass is 10.2. The van der Waals surface area contributed by atoms with Crippen LogP contribution >= 0.6 is 0 Å². The third-order valence-corrected chi connectivity index (χ3v) is 3.06. The van der Waals surface area contributed by atoms with Crippen molar-refractivity contribution in [3.8, 4) is 11.5 Å². The fourth-order valence-electron chi connectivity index (χ4n) is 1.96. The van der Waals surface area contributed by atoms with Crippen LogP contribution in [0.1, 0.15) is 5.56 Å². The van der Waals surface area contributed by atoms with Crippen molar-refractivity contribution in [2.24, 2.45) is 0 Å². The summed E-state index contributed by atoms with van der Waals surface area (Å²) in [5.41, 5.74) is 8.52. The first-order valence-electron chi connectivity index (χ1n) is 6.69. The summed E-state index contributed by atoms with van der Waals surface area (Å²) in [6.07, 6.45) is 0. The zero-order valence-electron chi connectivity index (χ0n) is 12.8. The minimum atomic E-state index is -0.397. The Kier molecular flexibility index (Phi) is 4.73. The Hall–Kier alpha value is -2.89. The van der Waals surface area contributed by atoms with E-state index in [1.807, 2.05) is 13.0 Å². The van der Waals surface area contributed by atoms with Crippen molar-refractivity contribution >= 4 is 23.1 Å². The van der Waals surface area contributed by atoms with E-state index >= 15 is 0 Å². The number of nitrogen functional groups attached to an aromatic ring is 1. The molecule has 2 amide bonds. The maximum atomic E-state index is 12.1. The molecule has 2 rings (SSSR count). The van der Waals surface area contributed by atoms with Crippen molar-refractivity contribution < 1.29 is 14.3 Å². The molecule has 4 N–H and O–H groups in total. The number of nitrogens with one attached hydrogen (secondary N) is 2. The number of carbonyl (C=O) groups is 1. The molecule has 116 valence electrons. The molecule has 0 saturated heterocycles. The Morgan fingerprint density at radius 2 is 1.64 bits per heavy atom. The lowest BCUT2D eigenvalue weighted by Crippen LogP contribution is -2.20. The van der Waals surface area contributed by atoms with Gasteiger partial charge in [-0.1, -0.05) is 6.07 Å². The highest BCUT2D eigenvalue weighted by Crippen LogP contribution is 2.26. The minimum absolute atomic E-state index is 0.397. The number of aryl methyl sites for hydroxylation is 1. The monoisotopic (exact) mass is 301 g/mol. The number of ether oxygens (including phenoxy) is 2. The first-order valence-corrected chi connectivity index (χ1v) is 6.69. The number of anilines is 3. The third-order valence-electron chi connectivity index (χ3n) is 3.06. The van der Waals surface area contributed by atoms with Crippen LogP contribution in [0.15, 0.2) is 36.4 Å². The van der Waals surface area contributed by atoms with Crippen molar-refractivity contribution in [2.75, 3.05) is 30.6 Å². The number of methoxy groups -OCH3 is 2. The average Bonchev–Trinajstić information content (AvgIpc) is 2.49. The van der Waals surface area contributed by atoms with Crippen molar-refractivity contribution in [3.05, 3.63) is 42.0 Å². The van der Waals surface area contributed by atoms with E-state index < -0.39 is 6.03 Å². The van der Waals surface area contributed by atoms with Gasteiger partial charge in [0.05, 0.1) is 25.6 Å². The Morgan fingerprint density at radius 3 is 2.18 bits per heavy atom. The van der Waals surface area contributed by atoms with Crippen LogP contribution in [0.2, 0.25) is 0 Å². The summed E-state index contributed by atoms with van der Waals surface area (Å²) in [6.45, 7) is 1.93. The van der Waals surface area contributed by atoms with E-state index in [0.29, 0.717) is 28.6 Å². The van der Waals surface area contributed by atoms with Gasteiger partial charge in [-0.2, -0.15) is 0 Å². The number of hydrogen-bond donors (Lipinski definition) is 3. The highest BCUT2D eigenvalue weighted by molar-refractivity contribution is 6.01. The summed E-state index contributed by atoms with van der Waals surface area (Å²) < 4.78 is 10.3. The van der Waals surface area contributed by atoms with E-state index in [-0.39, 0.29) is 0 Å². The van der Waals surface area contributed by atoms with E-state index in [1.165, 1.54) is 0 Å². The molecule has 22 heavy (non-hydrogen) atoms. The highest BCUT2D eigenvalue weighted by atomic mass is 16.5. The molecule has 0 heterocycles. The Balaban J connectivity index is 2.11. The zero-order valence-corrected chi connectivity index (χ0v) is 12.8. The number of nitrogens with two attached hydrogens (primary N) is 1. The van der Waals surface area contributed by atoms with Gasteiger partial charge in [0.15, 0.2) is 0 Å². The predicted octanol–water partition coefficient (Wildman–Crippen LogP) is 3.24. The molecule has 2 aromatic rings. The van der Waals surface area contributed by atoms with Crippen LogP contribution in [-0.2, 0) is 0 Å². The summed E-state index contributed by atoms with van der Waals surface area (Å²) in [4.78, 5) is 12.1. The summed E-state index contributed by atoms with van der Waals surface area (Å²) in [5.74, 6) is 1.17. The van der Waals surface area contributed by atoms with Gasteiger partial charge in [-0.3, -0.25) is 0 Å². The molecular formula is C16H19N3O3. The number of benzene rings is 2. The topological polar surface area (TPSA) is 85.6 Å². The maximum Gasteiger partial charge on any atom is 0.323 e. The quantitative estimate of drug-likeness (QED) is 0.757. The molecule has 0 aliphatic rings. The predicted molar refractivity (Wildman–Crippen MR) is 87.8 cm³/mol. The van der Waals surface area contributed by atoms with Crippen LogP contribution in [0.5, 0.6) is 11.5 Å². The standard InChI is InChI=1S/C16H19N3O3/c1-10-4-5-15(14(17)6-10)19-16(20)18-11-7-12(21-2)9-13(8-11)22-3/h4-9H,17H2,1-3H3,(H2,18,19,20). The van der Waals surface area contributed by atoms with Crippen LogP contribution < -0.4 is 25.8 Å². The van der Waals surface area contributed by atoms with Gasteiger partial charge in [0, 0.05) is 23.9 Å². The second-order valence-electron chi connectivity index (χ2n) is 4.77. The van der Waals surface area contributed by atoms with E-state index in [2.05, 4.69) is 10.6 Å². The van der Waals surface area contributed by atoms with Gasteiger partial charge in [-0.15, -0.1) is 0 Å².